The zero-order chi connectivity index (χ0) is 20.0. The maximum absolute atomic E-state index is 12.5. The molecule has 6 nitrogen and oxygen atoms in total. The highest BCUT2D eigenvalue weighted by Gasteiger charge is 2.29. The quantitative estimate of drug-likeness (QED) is 0.757. The van der Waals surface area contributed by atoms with Crippen molar-refractivity contribution in [2.24, 2.45) is 5.92 Å². The van der Waals surface area contributed by atoms with Crippen LogP contribution in [0.2, 0.25) is 0 Å². The molecule has 27 heavy (non-hydrogen) atoms. The highest BCUT2D eigenvalue weighted by Crippen LogP contribution is 2.26. The lowest BCUT2D eigenvalue weighted by atomic mass is 9.83. The van der Waals surface area contributed by atoms with Crippen molar-refractivity contribution in [3.05, 3.63) is 47.9 Å². The van der Waals surface area contributed by atoms with Crippen molar-refractivity contribution >= 4 is 11.9 Å². The van der Waals surface area contributed by atoms with E-state index in [1.807, 2.05) is 38.1 Å². The first-order valence-corrected chi connectivity index (χ1v) is 9.14. The van der Waals surface area contributed by atoms with Crippen LogP contribution in [0.5, 0.6) is 0 Å². The smallest absolute Gasteiger partial charge is 0.358 e. The summed E-state index contributed by atoms with van der Waals surface area (Å²) in [7, 11) is 0. The second-order valence-corrected chi connectivity index (χ2v) is 7.32. The van der Waals surface area contributed by atoms with Gasteiger partial charge in [0.05, 0.1) is 30.1 Å². The standard InChI is InChI=1S/C21H27N3O3/c1-6-27-19(25)18-13-22-12-17(24-18)15-7-9-16(10-8-15)21(4,5)20(26)23-11-14(2)3/h7-10,12-14H,6,11H2,1-5H3,(H,23,26). The van der Waals surface area contributed by atoms with Gasteiger partial charge in [0.15, 0.2) is 5.69 Å². The number of amides is 1. The molecule has 0 aliphatic heterocycles. The van der Waals surface area contributed by atoms with Crippen LogP contribution < -0.4 is 5.32 Å². The molecular weight excluding hydrogens is 342 g/mol. The Morgan fingerprint density at radius 1 is 1.15 bits per heavy atom. The average Bonchev–Trinajstić information content (AvgIpc) is 2.66. The summed E-state index contributed by atoms with van der Waals surface area (Å²) in [5, 5.41) is 2.99. The van der Waals surface area contributed by atoms with E-state index in [0.29, 0.717) is 18.2 Å². The second-order valence-electron chi connectivity index (χ2n) is 7.32. The van der Waals surface area contributed by atoms with Crippen LogP contribution in [-0.4, -0.2) is 35.0 Å². The van der Waals surface area contributed by atoms with Crippen LogP contribution in [0.4, 0.5) is 0 Å². The molecular formula is C21H27N3O3. The van der Waals surface area contributed by atoms with Gasteiger partial charge in [-0.25, -0.2) is 9.78 Å². The molecule has 0 aliphatic carbocycles. The zero-order valence-corrected chi connectivity index (χ0v) is 16.6. The van der Waals surface area contributed by atoms with Gasteiger partial charge >= 0.3 is 5.97 Å². The van der Waals surface area contributed by atoms with E-state index >= 15 is 0 Å². The Labute approximate surface area is 160 Å². The predicted octanol–water partition coefficient (Wildman–Crippen LogP) is 3.37. The number of nitrogens with zero attached hydrogens (tertiary/aromatic N) is 2. The minimum atomic E-state index is -0.647. The number of carbonyl (C=O) groups excluding carboxylic acids is 2. The van der Waals surface area contributed by atoms with Crippen molar-refractivity contribution in [2.45, 2.75) is 40.0 Å². The van der Waals surface area contributed by atoms with Crippen LogP contribution in [-0.2, 0) is 14.9 Å². The molecule has 0 fully saturated rings. The molecule has 144 valence electrons. The fraction of sp³-hybridized carbons (Fsp3) is 0.429. The van der Waals surface area contributed by atoms with Crippen molar-refractivity contribution < 1.29 is 14.3 Å². The fourth-order valence-corrected chi connectivity index (χ4v) is 2.51. The zero-order valence-electron chi connectivity index (χ0n) is 16.6. The lowest BCUT2D eigenvalue weighted by Crippen LogP contribution is -2.41. The molecule has 1 heterocycles. The van der Waals surface area contributed by atoms with Gasteiger partial charge in [-0.3, -0.25) is 9.78 Å². The lowest BCUT2D eigenvalue weighted by Gasteiger charge is -2.25. The van der Waals surface area contributed by atoms with Crippen molar-refractivity contribution in [3.63, 3.8) is 0 Å². The number of esters is 1. The Morgan fingerprint density at radius 2 is 1.81 bits per heavy atom. The largest absolute Gasteiger partial charge is 0.461 e. The van der Waals surface area contributed by atoms with Crippen molar-refractivity contribution in [3.8, 4) is 11.3 Å². The van der Waals surface area contributed by atoms with Gasteiger partial charge in [0.2, 0.25) is 5.91 Å². The molecule has 1 N–H and O–H groups in total. The second kappa shape index (κ2) is 8.75. The van der Waals surface area contributed by atoms with E-state index in [4.69, 9.17) is 4.74 Å². The van der Waals surface area contributed by atoms with Gasteiger partial charge in [-0.2, -0.15) is 0 Å². The molecule has 1 aromatic heterocycles. The van der Waals surface area contributed by atoms with Gasteiger partial charge in [-0.1, -0.05) is 38.1 Å². The van der Waals surface area contributed by atoms with Gasteiger partial charge in [0, 0.05) is 12.1 Å². The summed E-state index contributed by atoms with van der Waals surface area (Å²) in [4.78, 5) is 32.7. The first-order chi connectivity index (χ1) is 12.8. The van der Waals surface area contributed by atoms with Crippen LogP contribution in [0, 0.1) is 5.92 Å². The van der Waals surface area contributed by atoms with Gasteiger partial charge in [0.1, 0.15) is 0 Å². The van der Waals surface area contributed by atoms with E-state index in [2.05, 4.69) is 29.1 Å². The van der Waals surface area contributed by atoms with Gasteiger partial charge in [-0.05, 0) is 32.3 Å². The van der Waals surface area contributed by atoms with Crippen LogP contribution >= 0.6 is 0 Å². The van der Waals surface area contributed by atoms with Gasteiger partial charge < -0.3 is 10.1 Å². The summed E-state index contributed by atoms with van der Waals surface area (Å²) in [6, 6.07) is 7.57. The van der Waals surface area contributed by atoms with Crippen molar-refractivity contribution in [2.75, 3.05) is 13.2 Å². The normalized spacial score (nSPS) is 11.3. The first-order valence-electron chi connectivity index (χ1n) is 9.14. The molecule has 0 aliphatic rings. The molecule has 0 saturated carbocycles. The molecule has 0 spiro atoms. The van der Waals surface area contributed by atoms with Gasteiger partial charge in [-0.15, -0.1) is 0 Å². The summed E-state index contributed by atoms with van der Waals surface area (Å²) in [6.07, 6.45) is 2.98. The fourth-order valence-electron chi connectivity index (χ4n) is 2.51. The van der Waals surface area contributed by atoms with Crippen LogP contribution in [0.1, 0.15) is 50.7 Å². The molecule has 0 saturated heterocycles. The predicted molar refractivity (Wildman–Crippen MR) is 104 cm³/mol. The monoisotopic (exact) mass is 369 g/mol. The third-order valence-corrected chi connectivity index (χ3v) is 4.26. The van der Waals surface area contributed by atoms with Crippen molar-refractivity contribution in [1.29, 1.82) is 0 Å². The summed E-state index contributed by atoms with van der Waals surface area (Å²) >= 11 is 0. The summed E-state index contributed by atoms with van der Waals surface area (Å²) in [6.45, 7) is 10.6. The topological polar surface area (TPSA) is 81.2 Å². The third kappa shape index (κ3) is 5.12. The van der Waals surface area contributed by atoms with Crippen molar-refractivity contribution in [1.82, 2.24) is 15.3 Å². The van der Waals surface area contributed by atoms with E-state index in [1.54, 1.807) is 13.1 Å². The number of benzene rings is 1. The number of hydrogen-bond acceptors (Lipinski definition) is 5. The molecule has 2 rings (SSSR count). The van der Waals surface area contributed by atoms with E-state index in [9.17, 15) is 9.59 Å². The number of aromatic nitrogens is 2. The molecule has 0 unspecified atom stereocenters. The number of hydrogen-bond donors (Lipinski definition) is 1. The molecule has 1 aromatic carbocycles. The Balaban J connectivity index is 2.21. The number of nitrogens with one attached hydrogen (secondary N) is 1. The summed E-state index contributed by atoms with van der Waals surface area (Å²) in [5.74, 6) is -0.100. The van der Waals surface area contributed by atoms with E-state index < -0.39 is 11.4 Å². The average molecular weight is 369 g/mol. The maximum atomic E-state index is 12.5. The molecule has 0 bridgehead atoms. The van der Waals surface area contributed by atoms with Crippen LogP contribution in [0.25, 0.3) is 11.3 Å². The molecule has 2 aromatic rings. The molecule has 0 atom stereocenters. The number of carbonyl (C=O) groups is 2. The molecule has 0 radical (unpaired) electrons. The Bertz CT molecular complexity index is 799. The first kappa shape index (κ1) is 20.6. The number of rotatable bonds is 7. The molecule has 1 amide bonds. The summed E-state index contributed by atoms with van der Waals surface area (Å²) in [5.41, 5.74) is 1.82. The molecule has 6 heteroatoms. The van der Waals surface area contributed by atoms with Gasteiger partial charge in [0.25, 0.3) is 0 Å². The van der Waals surface area contributed by atoms with Crippen LogP contribution in [0.3, 0.4) is 0 Å². The highest BCUT2D eigenvalue weighted by molar-refractivity contribution is 5.88. The summed E-state index contributed by atoms with van der Waals surface area (Å²) < 4.78 is 4.96. The Kier molecular flexibility index (Phi) is 6.66. The number of ether oxygens (including phenoxy) is 1. The SMILES string of the molecule is CCOC(=O)c1cncc(-c2ccc(C(C)(C)C(=O)NCC(C)C)cc2)n1. The minimum absolute atomic E-state index is 0.00644. The third-order valence-electron chi connectivity index (χ3n) is 4.26. The Hall–Kier alpha value is -2.76. The minimum Gasteiger partial charge on any atom is -0.461 e. The van der Waals surface area contributed by atoms with Crippen LogP contribution in [0.15, 0.2) is 36.7 Å². The maximum Gasteiger partial charge on any atom is 0.358 e. The Morgan fingerprint density at radius 3 is 2.41 bits per heavy atom. The van der Waals surface area contributed by atoms with E-state index in [-0.39, 0.29) is 18.2 Å². The lowest BCUT2D eigenvalue weighted by molar-refractivity contribution is -0.125. The highest BCUT2D eigenvalue weighted by atomic mass is 16.5. The van der Waals surface area contributed by atoms with E-state index in [1.165, 1.54) is 6.20 Å². The van der Waals surface area contributed by atoms with E-state index in [0.717, 1.165) is 11.1 Å².